The number of aromatic amines is 1. The second-order valence-corrected chi connectivity index (χ2v) is 6.67. The zero-order valence-corrected chi connectivity index (χ0v) is 16.0. The first-order valence-corrected chi connectivity index (χ1v) is 9.52. The number of aromatic nitrogens is 3. The maximum Gasteiger partial charge on any atom is 0.138 e. The number of pyridine rings is 2. The van der Waals surface area contributed by atoms with E-state index < -0.39 is 0 Å². The van der Waals surface area contributed by atoms with Gasteiger partial charge in [0.1, 0.15) is 18.2 Å². The molecule has 7 heteroatoms. The van der Waals surface area contributed by atoms with Crippen molar-refractivity contribution in [3.05, 3.63) is 48.9 Å². The third-order valence-electron chi connectivity index (χ3n) is 4.76. The molecule has 4 rings (SSSR count). The van der Waals surface area contributed by atoms with Gasteiger partial charge in [0.25, 0.3) is 0 Å². The van der Waals surface area contributed by atoms with E-state index >= 15 is 0 Å². The molecular formula is C21H25N5O2. The highest BCUT2D eigenvalue weighted by molar-refractivity contribution is 5.70. The Bertz CT molecular complexity index is 905. The van der Waals surface area contributed by atoms with Crippen molar-refractivity contribution in [2.24, 2.45) is 0 Å². The molecule has 7 nitrogen and oxygen atoms in total. The lowest BCUT2D eigenvalue weighted by Gasteiger charge is -2.28. The van der Waals surface area contributed by atoms with Gasteiger partial charge in [-0.05, 0) is 30.3 Å². The quantitative estimate of drug-likeness (QED) is 0.615. The summed E-state index contributed by atoms with van der Waals surface area (Å²) < 4.78 is 10.7. The summed E-state index contributed by atoms with van der Waals surface area (Å²) in [7, 11) is 1.65. The lowest BCUT2D eigenvalue weighted by molar-refractivity contribution is 0.146. The number of rotatable bonds is 7. The Morgan fingerprint density at radius 1 is 1.04 bits per heavy atom. The van der Waals surface area contributed by atoms with Gasteiger partial charge in [-0.1, -0.05) is 0 Å². The molecule has 1 fully saturated rings. The summed E-state index contributed by atoms with van der Waals surface area (Å²) in [5.41, 5.74) is 3.96. The van der Waals surface area contributed by atoms with Crippen molar-refractivity contribution in [3.8, 4) is 28.3 Å². The van der Waals surface area contributed by atoms with Gasteiger partial charge in [-0.25, -0.2) is 0 Å². The predicted molar refractivity (Wildman–Crippen MR) is 110 cm³/mol. The van der Waals surface area contributed by atoms with Crippen molar-refractivity contribution < 1.29 is 9.47 Å². The molecule has 0 unspecified atom stereocenters. The molecule has 1 aliphatic rings. The maximum atomic E-state index is 5.66. The first kappa shape index (κ1) is 18.5. The number of nitrogens with one attached hydrogen (secondary N) is 2. The molecule has 3 aromatic heterocycles. The van der Waals surface area contributed by atoms with E-state index in [4.69, 9.17) is 9.47 Å². The number of piperazine rings is 1. The fourth-order valence-corrected chi connectivity index (χ4v) is 3.28. The summed E-state index contributed by atoms with van der Waals surface area (Å²) in [6, 6.07) is 10.3. The smallest absolute Gasteiger partial charge is 0.138 e. The molecule has 0 bridgehead atoms. The van der Waals surface area contributed by atoms with Crippen LogP contribution in [0.3, 0.4) is 0 Å². The van der Waals surface area contributed by atoms with Crippen LogP contribution in [0.1, 0.15) is 0 Å². The van der Waals surface area contributed by atoms with E-state index in [0.717, 1.165) is 54.5 Å². The van der Waals surface area contributed by atoms with Crippen molar-refractivity contribution in [2.45, 2.75) is 0 Å². The molecule has 0 saturated carbocycles. The molecule has 4 heterocycles. The van der Waals surface area contributed by atoms with Crippen LogP contribution in [0.25, 0.3) is 22.5 Å². The fraction of sp³-hybridized carbons (Fsp3) is 0.333. The summed E-state index contributed by atoms with van der Waals surface area (Å²) in [6.07, 6.45) is 5.33. The maximum absolute atomic E-state index is 5.66. The van der Waals surface area contributed by atoms with Crippen molar-refractivity contribution in [1.82, 2.24) is 20.3 Å². The zero-order chi connectivity index (χ0) is 19.2. The predicted octanol–water partition coefficient (Wildman–Crippen LogP) is 2.57. The van der Waals surface area contributed by atoms with Crippen LogP contribution in [0, 0.1) is 0 Å². The Labute approximate surface area is 164 Å². The van der Waals surface area contributed by atoms with Gasteiger partial charge in [0.15, 0.2) is 0 Å². The van der Waals surface area contributed by atoms with Crippen LogP contribution >= 0.6 is 0 Å². The Kier molecular flexibility index (Phi) is 5.84. The van der Waals surface area contributed by atoms with Gasteiger partial charge >= 0.3 is 0 Å². The number of hydrogen-bond donors (Lipinski definition) is 2. The normalized spacial score (nSPS) is 14.2. The second kappa shape index (κ2) is 8.86. The number of H-pyrrole nitrogens is 1. The minimum Gasteiger partial charge on any atom is -0.490 e. The van der Waals surface area contributed by atoms with Gasteiger partial charge in [-0.3, -0.25) is 9.97 Å². The van der Waals surface area contributed by atoms with E-state index in [1.54, 1.807) is 19.5 Å². The molecule has 2 N–H and O–H groups in total. The van der Waals surface area contributed by atoms with E-state index in [9.17, 15) is 0 Å². The summed E-state index contributed by atoms with van der Waals surface area (Å²) in [4.78, 5) is 14.7. The fourth-order valence-electron chi connectivity index (χ4n) is 3.28. The number of anilines is 1. The molecule has 0 atom stereocenters. The van der Waals surface area contributed by atoms with Gasteiger partial charge < -0.3 is 24.7 Å². The van der Waals surface area contributed by atoms with E-state index in [2.05, 4.69) is 43.4 Å². The molecule has 28 heavy (non-hydrogen) atoms. The molecule has 1 saturated heterocycles. The molecule has 3 aromatic rings. The van der Waals surface area contributed by atoms with Crippen molar-refractivity contribution in [3.63, 3.8) is 0 Å². The topological polar surface area (TPSA) is 75.3 Å². The van der Waals surface area contributed by atoms with Gasteiger partial charge in [0.2, 0.25) is 0 Å². The standard InChI is InChI=1S/C21H25N5O2/c1-27-10-11-28-18-12-17(14-23-15-18)20-13-16(4-5-24-20)19-2-3-21(25-19)26-8-6-22-7-9-26/h2-5,12-15,22,25H,6-11H2,1H3. The number of nitrogens with zero attached hydrogens (tertiary/aromatic N) is 3. The zero-order valence-electron chi connectivity index (χ0n) is 16.0. The number of ether oxygens (including phenoxy) is 2. The average molecular weight is 379 g/mol. The van der Waals surface area contributed by atoms with Crippen LogP contribution < -0.4 is 15.0 Å². The van der Waals surface area contributed by atoms with Crippen molar-refractivity contribution >= 4 is 5.82 Å². The van der Waals surface area contributed by atoms with E-state index in [1.165, 1.54) is 0 Å². The first-order valence-electron chi connectivity index (χ1n) is 9.52. The SMILES string of the molecule is COCCOc1cncc(-c2cc(-c3ccc(N4CCNCC4)[nH]3)ccn2)c1. The molecule has 0 aliphatic carbocycles. The van der Waals surface area contributed by atoms with Crippen LogP contribution in [0.15, 0.2) is 48.9 Å². The van der Waals surface area contributed by atoms with Gasteiger partial charge in [-0.2, -0.15) is 0 Å². The van der Waals surface area contributed by atoms with Crippen molar-refractivity contribution in [1.29, 1.82) is 0 Å². The molecule has 0 spiro atoms. The van der Waals surface area contributed by atoms with E-state index in [0.29, 0.717) is 19.0 Å². The summed E-state index contributed by atoms with van der Waals surface area (Å²) in [6.45, 7) is 5.10. The molecule has 0 aromatic carbocycles. The number of hydrogen-bond acceptors (Lipinski definition) is 6. The highest BCUT2D eigenvalue weighted by atomic mass is 16.5. The molecule has 0 amide bonds. The molecule has 0 radical (unpaired) electrons. The highest BCUT2D eigenvalue weighted by Gasteiger charge is 2.13. The van der Waals surface area contributed by atoms with Crippen LogP contribution in [-0.4, -0.2) is 61.5 Å². The first-order chi connectivity index (χ1) is 13.8. The lowest BCUT2D eigenvalue weighted by atomic mass is 10.1. The summed E-state index contributed by atoms with van der Waals surface area (Å²) >= 11 is 0. The average Bonchev–Trinajstić information content (AvgIpc) is 3.25. The Hall–Kier alpha value is -2.90. The van der Waals surface area contributed by atoms with Crippen LogP contribution in [-0.2, 0) is 4.74 Å². The third-order valence-corrected chi connectivity index (χ3v) is 4.76. The van der Waals surface area contributed by atoms with Crippen LogP contribution in [0.2, 0.25) is 0 Å². The minimum atomic E-state index is 0.492. The molecule has 1 aliphatic heterocycles. The van der Waals surface area contributed by atoms with Crippen molar-refractivity contribution in [2.75, 3.05) is 51.4 Å². The monoisotopic (exact) mass is 379 g/mol. The van der Waals surface area contributed by atoms with Gasteiger partial charge in [0.05, 0.1) is 18.5 Å². The third kappa shape index (κ3) is 4.32. The second-order valence-electron chi connectivity index (χ2n) is 6.67. The van der Waals surface area contributed by atoms with Gasteiger partial charge in [0, 0.05) is 62.5 Å². The Morgan fingerprint density at radius 3 is 2.79 bits per heavy atom. The van der Waals surface area contributed by atoms with Crippen LogP contribution in [0.4, 0.5) is 5.82 Å². The Morgan fingerprint density at radius 2 is 1.93 bits per heavy atom. The Balaban J connectivity index is 1.53. The minimum absolute atomic E-state index is 0.492. The van der Waals surface area contributed by atoms with Crippen LogP contribution in [0.5, 0.6) is 5.75 Å². The molecular weight excluding hydrogens is 354 g/mol. The number of methoxy groups -OCH3 is 1. The summed E-state index contributed by atoms with van der Waals surface area (Å²) in [5, 5.41) is 3.38. The highest BCUT2D eigenvalue weighted by Crippen LogP contribution is 2.27. The van der Waals surface area contributed by atoms with E-state index in [-0.39, 0.29) is 0 Å². The molecule has 146 valence electrons. The van der Waals surface area contributed by atoms with Gasteiger partial charge in [-0.15, -0.1) is 0 Å². The van der Waals surface area contributed by atoms with E-state index in [1.807, 2.05) is 18.3 Å². The largest absolute Gasteiger partial charge is 0.490 e. The summed E-state index contributed by atoms with van der Waals surface area (Å²) in [5.74, 6) is 1.87. The lowest BCUT2D eigenvalue weighted by Crippen LogP contribution is -2.43.